The predicted octanol–water partition coefficient (Wildman–Crippen LogP) is 2.18. The highest BCUT2D eigenvalue weighted by Gasteiger charge is 2.24. The first-order valence-electron chi connectivity index (χ1n) is 7.35. The van der Waals surface area contributed by atoms with Gasteiger partial charge in [-0.3, -0.25) is 25.8 Å². The molecule has 26 heavy (non-hydrogen) atoms. The number of nitrogens with zero attached hydrogens (tertiary/aromatic N) is 4. The monoisotopic (exact) mass is 355 g/mol. The zero-order chi connectivity index (χ0) is 18.5. The van der Waals surface area contributed by atoms with Crippen molar-refractivity contribution in [1.29, 1.82) is 0 Å². The van der Waals surface area contributed by atoms with Crippen LogP contribution in [0.1, 0.15) is 16.1 Å². The molecule has 0 saturated heterocycles. The fourth-order valence-electron chi connectivity index (χ4n) is 2.06. The second kappa shape index (κ2) is 7.25. The molecule has 0 unspecified atom stereocenters. The average Bonchev–Trinajstić information content (AvgIpc) is 3.05. The summed E-state index contributed by atoms with van der Waals surface area (Å²) in [4.78, 5) is 30.5. The lowest BCUT2D eigenvalue weighted by atomic mass is 10.2. The van der Waals surface area contributed by atoms with Crippen LogP contribution in [0.2, 0.25) is 0 Å². The number of nitrogens with one attached hydrogen (secondary N) is 3. The number of anilines is 3. The van der Waals surface area contributed by atoms with Crippen LogP contribution in [-0.4, -0.2) is 26.0 Å². The summed E-state index contributed by atoms with van der Waals surface area (Å²) in [5.74, 6) is 0.0214. The first-order chi connectivity index (χ1) is 12.5. The number of carbonyl (C=O) groups is 1. The molecule has 132 valence electrons. The molecule has 2 heterocycles. The van der Waals surface area contributed by atoms with Gasteiger partial charge < -0.3 is 9.84 Å². The van der Waals surface area contributed by atoms with Crippen molar-refractivity contribution < 1.29 is 14.2 Å². The Morgan fingerprint density at radius 2 is 1.92 bits per heavy atom. The molecule has 1 amide bonds. The van der Waals surface area contributed by atoms with E-state index in [1.54, 1.807) is 43.3 Å². The van der Waals surface area contributed by atoms with E-state index < -0.39 is 16.5 Å². The van der Waals surface area contributed by atoms with Crippen molar-refractivity contribution in [1.82, 2.24) is 20.6 Å². The number of benzene rings is 1. The van der Waals surface area contributed by atoms with E-state index in [1.165, 1.54) is 0 Å². The number of aromatic nitrogens is 3. The Morgan fingerprint density at radius 3 is 2.58 bits per heavy atom. The summed E-state index contributed by atoms with van der Waals surface area (Å²) in [5.41, 5.74) is 4.73. The standard InChI is InChI=1S/C15H13N7O4/c1-9-7-11(21-26-9)18-13-12(22(24)25)14(17-8-16-13)19-20-15(23)10-5-3-2-4-6-10/h2-8H,1H3,(H,20,23)(H2,16,17,18,19,21). The van der Waals surface area contributed by atoms with Crippen LogP contribution in [0.4, 0.5) is 23.1 Å². The molecule has 3 rings (SSSR count). The number of amides is 1. The Morgan fingerprint density at radius 1 is 1.19 bits per heavy atom. The van der Waals surface area contributed by atoms with Gasteiger partial charge in [-0.2, -0.15) is 0 Å². The summed E-state index contributed by atoms with van der Waals surface area (Å²) >= 11 is 0. The van der Waals surface area contributed by atoms with Gasteiger partial charge in [0.2, 0.25) is 11.6 Å². The van der Waals surface area contributed by atoms with Crippen LogP contribution in [-0.2, 0) is 0 Å². The smallest absolute Gasteiger partial charge is 0.355 e. The third-order valence-corrected chi connectivity index (χ3v) is 3.21. The summed E-state index contributed by atoms with van der Waals surface area (Å²) in [6.45, 7) is 1.68. The second-order valence-corrected chi connectivity index (χ2v) is 5.07. The number of hydrazine groups is 1. The first kappa shape index (κ1) is 16.8. The molecule has 11 nitrogen and oxygen atoms in total. The SMILES string of the molecule is Cc1cc(Nc2ncnc(NNC(=O)c3ccccc3)c2[N+](=O)[O-])no1. The number of aryl methyl sites for hydroxylation is 1. The minimum absolute atomic E-state index is 0.102. The molecule has 0 aliphatic heterocycles. The topological polar surface area (TPSA) is 148 Å². The van der Waals surface area contributed by atoms with E-state index in [1.807, 2.05) is 0 Å². The molecule has 0 atom stereocenters. The summed E-state index contributed by atoms with van der Waals surface area (Å²) in [6.07, 6.45) is 1.11. The third-order valence-electron chi connectivity index (χ3n) is 3.21. The highest BCUT2D eigenvalue weighted by Crippen LogP contribution is 2.30. The van der Waals surface area contributed by atoms with Crippen LogP contribution in [0.5, 0.6) is 0 Å². The number of carbonyl (C=O) groups excluding carboxylic acids is 1. The van der Waals surface area contributed by atoms with Gasteiger partial charge in [-0.05, 0) is 19.1 Å². The Labute approximate surface area is 146 Å². The average molecular weight is 355 g/mol. The van der Waals surface area contributed by atoms with Crippen molar-refractivity contribution in [2.45, 2.75) is 6.92 Å². The summed E-state index contributed by atoms with van der Waals surface area (Å²) in [6, 6.07) is 9.92. The zero-order valence-corrected chi connectivity index (χ0v) is 13.5. The Bertz CT molecular complexity index is 942. The van der Waals surface area contributed by atoms with Crippen LogP contribution in [0, 0.1) is 17.0 Å². The maximum absolute atomic E-state index is 12.1. The molecule has 1 aromatic carbocycles. The molecule has 3 aromatic rings. The molecule has 0 aliphatic rings. The first-order valence-corrected chi connectivity index (χ1v) is 7.35. The number of hydrogen-bond acceptors (Lipinski definition) is 9. The molecule has 0 fully saturated rings. The molecule has 11 heteroatoms. The quantitative estimate of drug-likeness (QED) is 0.447. The Balaban J connectivity index is 1.81. The van der Waals surface area contributed by atoms with E-state index in [0.29, 0.717) is 11.3 Å². The molecular weight excluding hydrogens is 342 g/mol. The van der Waals surface area contributed by atoms with E-state index in [0.717, 1.165) is 6.33 Å². The van der Waals surface area contributed by atoms with E-state index >= 15 is 0 Å². The number of nitro groups is 1. The van der Waals surface area contributed by atoms with Crippen LogP contribution in [0.3, 0.4) is 0 Å². The van der Waals surface area contributed by atoms with Crippen molar-refractivity contribution in [3.05, 3.63) is 64.2 Å². The summed E-state index contributed by atoms with van der Waals surface area (Å²) < 4.78 is 4.90. The van der Waals surface area contributed by atoms with Gasteiger partial charge in [0.15, 0.2) is 5.82 Å². The maximum Gasteiger partial charge on any atom is 0.355 e. The van der Waals surface area contributed by atoms with Crippen molar-refractivity contribution in [2.24, 2.45) is 0 Å². The third kappa shape index (κ3) is 3.72. The lowest BCUT2D eigenvalue weighted by Gasteiger charge is -2.09. The van der Waals surface area contributed by atoms with Crippen molar-refractivity contribution in [2.75, 3.05) is 10.7 Å². The molecule has 0 radical (unpaired) electrons. The van der Waals surface area contributed by atoms with Crippen molar-refractivity contribution >= 4 is 29.0 Å². The van der Waals surface area contributed by atoms with Crippen LogP contribution in [0.25, 0.3) is 0 Å². The molecule has 0 spiro atoms. The highest BCUT2D eigenvalue weighted by molar-refractivity contribution is 5.95. The van der Waals surface area contributed by atoms with E-state index in [-0.39, 0.29) is 17.5 Å². The van der Waals surface area contributed by atoms with Gasteiger partial charge in [0, 0.05) is 11.6 Å². The van der Waals surface area contributed by atoms with Crippen LogP contribution in [0.15, 0.2) is 47.2 Å². The minimum atomic E-state index is -0.674. The van der Waals surface area contributed by atoms with Gasteiger partial charge >= 0.3 is 5.69 Å². The van der Waals surface area contributed by atoms with Crippen LogP contribution >= 0.6 is 0 Å². The van der Waals surface area contributed by atoms with Gasteiger partial charge in [-0.15, -0.1) is 0 Å². The van der Waals surface area contributed by atoms with Gasteiger partial charge in [-0.1, -0.05) is 23.4 Å². The Hall–Kier alpha value is -4.02. The fraction of sp³-hybridized carbons (Fsp3) is 0.0667. The minimum Gasteiger partial charge on any atom is -0.360 e. The normalized spacial score (nSPS) is 10.2. The lowest BCUT2D eigenvalue weighted by molar-refractivity contribution is -0.383. The zero-order valence-electron chi connectivity index (χ0n) is 13.5. The summed E-state index contributed by atoms with van der Waals surface area (Å²) in [7, 11) is 0. The predicted molar refractivity (Wildman–Crippen MR) is 90.7 cm³/mol. The number of hydrogen-bond donors (Lipinski definition) is 3. The van der Waals surface area contributed by atoms with E-state index in [2.05, 4.69) is 31.3 Å². The second-order valence-electron chi connectivity index (χ2n) is 5.07. The molecular formula is C15H13N7O4. The highest BCUT2D eigenvalue weighted by atomic mass is 16.6. The lowest BCUT2D eigenvalue weighted by Crippen LogP contribution is -2.30. The maximum atomic E-state index is 12.1. The van der Waals surface area contributed by atoms with E-state index in [4.69, 9.17) is 4.52 Å². The fourth-order valence-corrected chi connectivity index (χ4v) is 2.06. The molecule has 0 bridgehead atoms. The van der Waals surface area contributed by atoms with Gasteiger partial charge in [0.1, 0.15) is 12.1 Å². The van der Waals surface area contributed by atoms with E-state index in [9.17, 15) is 14.9 Å². The number of rotatable bonds is 6. The molecule has 2 aromatic heterocycles. The van der Waals surface area contributed by atoms with Gasteiger partial charge in [0.05, 0.1) is 4.92 Å². The largest absolute Gasteiger partial charge is 0.360 e. The molecule has 3 N–H and O–H groups in total. The summed E-state index contributed by atoms with van der Waals surface area (Å²) in [5, 5.41) is 17.8. The van der Waals surface area contributed by atoms with Gasteiger partial charge in [0.25, 0.3) is 5.91 Å². The van der Waals surface area contributed by atoms with Gasteiger partial charge in [-0.25, -0.2) is 9.97 Å². The molecule has 0 aliphatic carbocycles. The van der Waals surface area contributed by atoms with Crippen molar-refractivity contribution in [3.8, 4) is 0 Å². The van der Waals surface area contributed by atoms with Crippen LogP contribution < -0.4 is 16.2 Å². The van der Waals surface area contributed by atoms with Crippen molar-refractivity contribution in [3.63, 3.8) is 0 Å². The molecule has 0 saturated carbocycles. The Kier molecular flexibility index (Phi) is 4.69.